The molecule has 0 spiro atoms. The number of hydrogen-bond acceptors (Lipinski definition) is 4. The summed E-state index contributed by atoms with van der Waals surface area (Å²) < 4.78 is 15.3. The van der Waals surface area contributed by atoms with Crippen LogP contribution in [0.25, 0.3) is 0 Å². The van der Waals surface area contributed by atoms with Crippen LogP contribution in [0.4, 0.5) is 4.39 Å². The van der Waals surface area contributed by atoms with Gasteiger partial charge in [0.05, 0.1) is 0 Å². The predicted molar refractivity (Wildman–Crippen MR) is 77.5 cm³/mol. The minimum atomic E-state index is -0.410. The summed E-state index contributed by atoms with van der Waals surface area (Å²) in [7, 11) is 0. The lowest BCUT2D eigenvalue weighted by Crippen LogP contribution is -2.18. The molecule has 0 unspecified atom stereocenters. The van der Waals surface area contributed by atoms with Gasteiger partial charge < -0.3 is 16.3 Å². The molecule has 0 saturated carbocycles. The summed E-state index contributed by atoms with van der Waals surface area (Å²) in [5.74, 6) is -0.512. The van der Waals surface area contributed by atoms with Crippen LogP contribution in [0.2, 0.25) is 0 Å². The summed E-state index contributed by atoms with van der Waals surface area (Å²) in [6.45, 7) is 2.14. The van der Waals surface area contributed by atoms with E-state index >= 15 is 0 Å². The largest absolute Gasteiger partial charge is 0.409 e. The Morgan fingerprint density at radius 2 is 2.29 bits per heavy atom. The summed E-state index contributed by atoms with van der Waals surface area (Å²) in [6.07, 6.45) is 4.58. The Morgan fingerprint density at radius 3 is 3.00 bits per heavy atom. The van der Waals surface area contributed by atoms with Gasteiger partial charge in [-0.15, -0.1) is 0 Å². The third-order valence-electron chi connectivity index (χ3n) is 2.99. The standard InChI is InChI=1S/C14H18FN5O/c15-13-8-11(7-12(9-13)14(16)19-21)10-17-3-1-5-20-6-2-4-18-20/h2,4,6-9,17,21H,1,3,5,10H2,(H2,16,19). The quantitative estimate of drug-likeness (QED) is 0.236. The molecule has 0 aliphatic carbocycles. The number of nitrogens with one attached hydrogen (secondary N) is 1. The molecule has 0 saturated heterocycles. The van der Waals surface area contributed by atoms with Crippen molar-refractivity contribution in [3.8, 4) is 0 Å². The van der Waals surface area contributed by atoms with E-state index in [0.29, 0.717) is 12.1 Å². The Balaban J connectivity index is 1.81. The van der Waals surface area contributed by atoms with Crippen LogP contribution in [0.15, 0.2) is 41.8 Å². The van der Waals surface area contributed by atoms with Gasteiger partial charge in [-0.3, -0.25) is 4.68 Å². The van der Waals surface area contributed by atoms with Gasteiger partial charge in [0.15, 0.2) is 5.84 Å². The Kier molecular flexibility index (Phi) is 5.28. The average Bonchev–Trinajstić information content (AvgIpc) is 2.98. The fourth-order valence-electron chi connectivity index (χ4n) is 1.99. The lowest BCUT2D eigenvalue weighted by Gasteiger charge is -2.07. The van der Waals surface area contributed by atoms with Gasteiger partial charge in [0.2, 0.25) is 0 Å². The molecule has 1 aromatic heterocycles. The van der Waals surface area contributed by atoms with Gasteiger partial charge in [-0.2, -0.15) is 5.10 Å². The van der Waals surface area contributed by atoms with Crippen molar-refractivity contribution in [2.75, 3.05) is 6.54 Å². The summed E-state index contributed by atoms with van der Waals surface area (Å²) in [5, 5.41) is 18.8. The van der Waals surface area contributed by atoms with E-state index in [1.54, 1.807) is 12.3 Å². The Morgan fingerprint density at radius 1 is 1.43 bits per heavy atom. The van der Waals surface area contributed by atoms with E-state index in [1.807, 2.05) is 16.9 Å². The van der Waals surface area contributed by atoms with Gasteiger partial charge in [-0.25, -0.2) is 4.39 Å². The van der Waals surface area contributed by atoms with Gasteiger partial charge in [0.1, 0.15) is 5.82 Å². The number of oxime groups is 1. The van der Waals surface area contributed by atoms with E-state index in [2.05, 4.69) is 15.6 Å². The van der Waals surface area contributed by atoms with E-state index in [-0.39, 0.29) is 5.84 Å². The molecule has 0 bridgehead atoms. The van der Waals surface area contributed by atoms with Crippen molar-refractivity contribution in [3.63, 3.8) is 0 Å². The number of aromatic nitrogens is 2. The fourth-order valence-corrected chi connectivity index (χ4v) is 1.99. The maximum atomic E-state index is 13.5. The normalized spacial score (nSPS) is 11.8. The maximum absolute atomic E-state index is 13.5. The van der Waals surface area contributed by atoms with E-state index in [9.17, 15) is 4.39 Å². The first kappa shape index (κ1) is 15.0. The van der Waals surface area contributed by atoms with Crippen LogP contribution in [0.5, 0.6) is 0 Å². The van der Waals surface area contributed by atoms with Crippen LogP contribution < -0.4 is 11.1 Å². The second-order valence-corrected chi connectivity index (χ2v) is 4.63. The highest BCUT2D eigenvalue weighted by Gasteiger charge is 2.04. The fraction of sp³-hybridized carbons (Fsp3) is 0.286. The minimum Gasteiger partial charge on any atom is -0.409 e. The number of amidine groups is 1. The molecule has 0 aliphatic heterocycles. The van der Waals surface area contributed by atoms with Crippen molar-refractivity contribution in [3.05, 3.63) is 53.6 Å². The van der Waals surface area contributed by atoms with Crippen LogP contribution >= 0.6 is 0 Å². The second-order valence-electron chi connectivity index (χ2n) is 4.63. The number of nitrogens with zero attached hydrogens (tertiary/aromatic N) is 3. The lowest BCUT2D eigenvalue weighted by atomic mass is 10.1. The highest BCUT2D eigenvalue weighted by Crippen LogP contribution is 2.09. The molecule has 6 nitrogen and oxygen atoms in total. The molecule has 2 aromatic rings. The Bertz CT molecular complexity index is 597. The molecule has 7 heteroatoms. The number of aryl methyl sites for hydroxylation is 1. The van der Waals surface area contributed by atoms with Gasteiger partial charge in [-0.05, 0) is 42.8 Å². The summed E-state index contributed by atoms with van der Waals surface area (Å²) in [4.78, 5) is 0. The smallest absolute Gasteiger partial charge is 0.170 e. The van der Waals surface area contributed by atoms with E-state index in [0.717, 1.165) is 25.1 Å². The van der Waals surface area contributed by atoms with Crippen molar-refractivity contribution in [2.45, 2.75) is 19.5 Å². The van der Waals surface area contributed by atoms with Crippen molar-refractivity contribution in [1.29, 1.82) is 0 Å². The van der Waals surface area contributed by atoms with E-state index in [4.69, 9.17) is 10.9 Å². The molecule has 1 heterocycles. The van der Waals surface area contributed by atoms with Gasteiger partial charge in [0, 0.05) is 31.0 Å². The molecule has 1 aromatic carbocycles. The zero-order valence-corrected chi connectivity index (χ0v) is 11.5. The molecule has 0 amide bonds. The van der Waals surface area contributed by atoms with Crippen molar-refractivity contribution < 1.29 is 9.60 Å². The number of hydrogen-bond donors (Lipinski definition) is 3. The highest BCUT2D eigenvalue weighted by molar-refractivity contribution is 5.97. The van der Waals surface area contributed by atoms with E-state index < -0.39 is 5.82 Å². The monoisotopic (exact) mass is 291 g/mol. The van der Waals surface area contributed by atoms with E-state index in [1.165, 1.54) is 12.1 Å². The summed E-state index contributed by atoms with van der Waals surface area (Å²) in [6, 6.07) is 6.23. The van der Waals surface area contributed by atoms with Crippen LogP contribution in [0.1, 0.15) is 17.5 Å². The maximum Gasteiger partial charge on any atom is 0.170 e. The van der Waals surface area contributed by atoms with Crippen molar-refractivity contribution in [2.24, 2.45) is 10.9 Å². The predicted octanol–water partition coefficient (Wildman–Crippen LogP) is 1.30. The zero-order valence-electron chi connectivity index (χ0n) is 11.5. The second kappa shape index (κ2) is 7.39. The Labute approximate surface area is 122 Å². The summed E-state index contributed by atoms with van der Waals surface area (Å²) in [5.41, 5.74) is 6.58. The molecule has 0 aliphatic rings. The van der Waals surface area contributed by atoms with Crippen molar-refractivity contribution >= 4 is 5.84 Å². The number of nitrogens with two attached hydrogens (primary N) is 1. The lowest BCUT2D eigenvalue weighted by molar-refractivity contribution is 0.318. The number of benzene rings is 1. The first-order valence-corrected chi connectivity index (χ1v) is 6.64. The van der Waals surface area contributed by atoms with Gasteiger partial charge in [0.25, 0.3) is 0 Å². The SMILES string of the molecule is N/C(=N/O)c1cc(F)cc(CNCCCn2cccn2)c1. The topological polar surface area (TPSA) is 88.5 Å². The zero-order chi connectivity index (χ0) is 15.1. The van der Waals surface area contributed by atoms with Crippen LogP contribution in [-0.2, 0) is 13.1 Å². The van der Waals surface area contributed by atoms with Gasteiger partial charge in [-0.1, -0.05) is 5.16 Å². The molecular formula is C14H18FN5O. The highest BCUT2D eigenvalue weighted by atomic mass is 19.1. The molecule has 21 heavy (non-hydrogen) atoms. The Hall–Kier alpha value is -2.41. The first-order chi connectivity index (χ1) is 10.2. The van der Waals surface area contributed by atoms with Gasteiger partial charge >= 0.3 is 0 Å². The first-order valence-electron chi connectivity index (χ1n) is 6.64. The molecular weight excluding hydrogens is 273 g/mol. The molecule has 0 radical (unpaired) electrons. The number of rotatable bonds is 7. The molecule has 2 rings (SSSR count). The molecule has 112 valence electrons. The summed E-state index contributed by atoms with van der Waals surface area (Å²) >= 11 is 0. The van der Waals surface area contributed by atoms with Crippen LogP contribution in [0.3, 0.4) is 0 Å². The van der Waals surface area contributed by atoms with Crippen molar-refractivity contribution in [1.82, 2.24) is 15.1 Å². The minimum absolute atomic E-state index is 0.102. The van der Waals surface area contributed by atoms with Crippen LogP contribution in [0, 0.1) is 5.82 Å². The number of halogens is 1. The van der Waals surface area contributed by atoms with Crippen LogP contribution in [-0.4, -0.2) is 27.4 Å². The third kappa shape index (κ3) is 4.57. The average molecular weight is 291 g/mol. The third-order valence-corrected chi connectivity index (χ3v) is 2.99. The molecule has 0 atom stereocenters. The molecule has 4 N–H and O–H groups in total. The molecule has 0 fully saturated rings.